The Morgan fingerprint density at radius 3 is 2.55 bits per heavy atom. The van der Waals surface area contributed by atoms with Crippen LogP contribution in [0, 0.1) is 4.91 Å². The molecule has 8 heteroatoms. The summed E-state index contributed by atoms with van der Waals surface area (Å²) in [5, 5.41) is 4.59. The lowest BCUT2D eigenvalue weighted by Crippen LogP contribution is -2.32. The van der Waals surface area contributed by atoms with E-state index < -0.39 is 5.91 Å². The first kappa shape index (κ1) is 23.8. The number of aryl methyl sites for hydroxylation is 1. The van der Waals surface area contributed by atoms with Crippen molar-refractivity contribution >= 4 is 24.5 Å². The summed E-state index contributed by atoms with van der Waals surface area (Å²) in [4.78, 5) is 47.8. The summed E-state index contributed by atoms with van der Waals surface area (Å²) in [6.07, 6.45) is 5.26. The van der Waals surface area contributed by atoms with Crippen LogP contribution in [0.25, 0.3) is 23.9 Å². The van der Waals surface area contributed by atoms with Crippen molar-refractivity contribution in [3.05, 3.63) is 63.3 Å². The van der Waals surface area contributed by atoms with E-state index in [1.54, 1.807) is 19.1 Å². The zero-order valence-electron chi connectivity index (χ0n) is 18.0. The van der Waals surface area contributed by atoms with Gasteiger partial charge in [-0.15, -0.1) is 4.91 Å². The van der Waals surface area contributed by atoms with Gasteiger partial charge in [-0.3, -0.25) is 14.4 Å². The Morgan fingerprint density at radius 1 is 1.19 bits per heavy atom. The number of benzene rings is 1. The Bertz CT molecular complexity index is 1080. The normalized spacial score (nSPS) is 12.0. The van der Waals surface area contributed by atoms with E-state index in [9.17, 15) is 14.5 Å². The topological polar surface area (TPSA) is 102 Å². The molecule has 0 aliphatic carbocycles. The SMILES string of the molecule is C=c1nc(CCCCC(=O)N=O)c(-c2ccccc2)n/c1=C/C=C(\C)C(=O)N(C)OC. The van der Waals surface area contributed by atoms with Crippen LogP contribution < -0.4 is 10.7 Å². The van der Waals surface area contributed by atoms with Gasteiger partial charge in [0.25, 0.3) is 11.8 Å². The molecule has 0 radical (unpaired) electrons. The number of hydrogen-bond donors (Lipinski definition) is 0. The summed E-state index contributed by atoms with van der Waals surface area (Å²) in [5.74, 6) is -0.912. The molecular formula is C23H26N4O4. The van der Waals surface area contributed by atoms with Gasteiger partial charge in [0.2, 0.25) is 0 Å². The van der Waals surface area contributed by atoms with Gasteiger partial charge in [0, 0.05) is 29.8 Å². The molecule has 2 amide bonds. The van der Waals surface area contributed by atoms with Crippen molar-refractivity contribution in [3.8, 4) is 11.3 Å². The standard InChI is InChI=1S/C23H26N4O4/c1-16(23(29)27(3)31-4)14-15-19-17(2)24-20(12-8-9-13-21(28)26-30)22(25-19)18-10-6-5-7-11-18/h5-7,10-11,14-15H,2,8-9,12-13H2,1,3-4H3/b16-14+,19-15+. The number of hydrogen-bond acceptors (Lipinski definition) is 6. The highest BCUT2D eigenvalue weighted by molar-refractivity contribution is 5.93. The number of likely N-dealkylation sites (N-methyl/N-ethyl adjacent to an activating group) is 1. The molecule has 0 N–H and O–H groups in total. The second kappa shape index (κ2) is 11.6. The molecule has 0 spiro atoms. The van der Waals surface area contributed by atoms with E-state index in [2.05, 4.69) is 16.7 Å². The zero-order valence-corrected chi connectivity index (χ0v) is 18.0. The van der Waals surface area contributed by atoms with Crippen LogP contribution in [-0.2, 0) is 20.8 Å². The molecule has 2 rings (SSSR count). The van der Waals surface area contributed by atoms with E-state index in [4.69, 9.17) is 9.82 Å². The zero-order chi connectivity index (χ0) is 22.8. The highest BCUT2D eigenvalue weighted by atomic mass is 16.7. The van der Waals surface area contributed by atoms with Gasteiger partial charge in [0.1, 0.15) is 0 Å². The van der Waals surface area contributed by atoms with Gasteiger partial charge in [-0.05, 0) is 32.3 Å². The lowest BCUT2D eigenvalue weighted by atomic mass is 10.0. The van der Waals surface area contributed by atoms with E-state index in [0.29, 0.717) is 41.2 Å². The first-order chi connectivity index (χ1) is 14.9. The highest BCUT2D eigenvalue weighted by Gasteiger charge is 2.11. The Labute approximate surface area is 180 Å². The minimum Gasteiger partial charge on any atom is -0.274 e. The molecule has 31 heavy (non-hydrogen) atoms. The molecule has 2 aromatic rings. The van der Waals surface area contributed by atoms with E-state index >= 15 is 0 Å². The molecule has 8 nitrogen and oxygen atoms in total. The molecule has 0 fully saturated rings. The largest absolute Gasteiger partial charge is 0.286 e. The van der Waals surface area contributed by atoms with Crippen molar-refractivity contribution in [2.24, 2.45) is 5.18 Å². The molecule has 0 saturated carbocycles. The fraction of sp³-hybridized carbons (Fsp3) is 0.304. The highest BCUT2D eigenvalue weighted by Crippen LogP contribution is 2.19. The third-order valence-corrected chi connectivity index (χ3v) is 4.66. The van der Waals surface area contributed by atoms with Crippen LogP contribution in [0.4, 0.5) is 0 Å². The van der Waals surface area contributed by atoms with Crippen molar-refractivity contribution in [2.75, 3.05) is 14.2 Å². The predicted molar refractivity (Wildman–Crippen MR) is 119 cm³/mol. The summed E-state index contributed by atoms with van der Waals surface area (Å²) in [6.45, 7) is 5.68. The van der Waals surface area contributed by atoms with Crippen LogP contribution in [-0.4, -0.2) is 41.0 Å². The van der Waals surface area contributed by atoms with E-state index in [0.717, 1.165) is 16.3 Å². The van der Waals surface area contributed by atoms with Gasteiger partial charge < -0.3 is 0 Å². The third kappa shape index (κ3) is 6.75. The number of amides is 2. The van der Waals surface area contributed by atoms with Crippen LogP contribution in [0.1, 0.15) is 31.9 Å². The smallest absolute Gasteiger partial charge is 0.274 e. The number of aromatic nitrogens is 2. The number of allylic oxidation sites excluding steroid dienone is 1. The van der Waals surface area contributed by atoms with Crippen molar-refractivity contribution in [1.82, 2.24) is 15.0 Å². The summed E-state index contributed by atoms with van der Waals surface area (Å²) >= 11 is 0. The van der Waals surface area contributed by atoms with Crippen LogP contribution in [0.5, 0.6) is 0 Å². The maximum Gasteiger partial charge on any atom is 0.286 e. The van der Waals surface area contributed by atoms with Gasteiger partial charge in [-0.2, -0.15) is 0 Å². The van der Waals surface area contributed by atoms with Crippen LogP contribution in [0.15, 0.2) is 47.2 Å². The summed E-state index contributed by atoms with van der Waals surface area (Å²) in [5.41, 5.74) is 2.85. The second-order valence-corrected chi connectivity index (χ2v) is 6.91. The van der Waals surface area contributed by atoms with E-state index in [1.165, 1.54) is 14.2 Å². The Balaban J connectivity index is 2.40. The molecule has 0 atom stereocenters. The molecule has 0 saturated heterocycles. The van der Waals surface area contributed by atoms with Crippen LogP contribution in [0.2, 0.25) is 0 Å². The van der Waals surface area contributed by atoms with Crippen molar-refractivity contribution in [1.29, 1.82) is 0 Å². The van der Waals surface area contributed by atoms with Crippen LogP contribution >= 0.6 is 0 Å². The quantitative estimate of drug-likeness (QED) is 0.266. The number of carbonyl (C=O) groups is 2. The third-order valence-electron chi connectivity index (χ3n) is 4.66. The monoisotopic (exact) mass is 422 g/mol. The Hall–Kier alpha value is -3.52. The maximum absolute atomic E-state index is 12.1. The number of nitrogens with zero attached hydrogens (tertiary/aromatic N) is 4. The Morgan fingerprint density at radius 2 is 1.90 bits per heavy atom. The fourth-order valence-electron chi connectivity index (χ4n) is 2.88. The minimum atomic E-state index is -0.645. The number of hydroxylamine groups is 2. The summed E-state index contributed by atoms with van der Waals surface area (Å²) in [6, 6.07) is 9.64. The number of carbonyl (C=O) groups excluding carboxylic acids is 2. The number of rotatable bonds is 9. The first-order valence-corrected chi connectivity index (χ1v) is 9.85. The van der Waals surface area contributed by atoms with Gasteiger partial charge >= 0.3 is 0 Å². The van der Waals surface area contributed by atoms with Crippen LogP contribution in [0.3, 0.4) is 0 Å². The van der Waals surface area contributed by atoms with E-state index in [1.807, 2.05) is 30.3 Å². The van der Waals surface area contributed by atoms with Gasteiger partial charge in [-0.1, -0.05) is 43.0 Å². The first-order valence-electron chi connectivity index (χ1n) is 9.85. The average Bonchev–Trinajstić information content (AvgIpc) is 2.80. The number of unbranched alkanes of at least 4 members (excludes halogenated alkanes) is 1. The van der Waals surface area contributed by atoms with Crippen molar-refractivity contribution in [3.63, 3.8) is 0 Å². The fourth-order valence-corrected chi connectivity index (χ4v) is 2.88. The average molecular weight is 422 g/mol. The molecule has 0 aliphatic heterocycles. The van der Waals surface area contributed by atoms with Gasteiger partial charge in [-0.25, -0.2) is 15.0 Å². The summed E-state index contributed by atoms with van der Waals surface area (Å²) < 4.78 is 0. The van der Waals surface area contributed by atoms with Gasteiger partial charge in [0.05, 0.1) is 29.2 Å². The second-order valence-electron chi connectivity index (χ2n) is 6.91. The van der Waals surface area contributed by atoms with E-state index in [-0.39, 0.29) is 12.3 Å². The van der Waals surface area contributed by atoms with Crippen molar-refractivity contribution in [2.45, 2.75) is 32.6 Å². The lowest BCUT2D eigenvalue weighted by Gasteiger charge is -2.13. The molecule has 1 aromatic heterocycles. The van der Waals surface area contributed by atoms with Crippen molar-refractivity contribution < 1.29 is 14.4 Å². The molecule has 1 heterocycles. The number of nitroso groups, excluding NO2 is 1. The minimum absolute atomic E-state index is 0.120. The van der Waals surface area contributed by atoms with Gasteiger partial charge in [0.15, 0.2) is 0 Å². The molecule has 0 bridgehead atoms. The Kier molecular flexibility index (Phi) is 8.90. The molecule has 162 valence electrons. The molecule has 1 aromatic carbocycles. The maximum atomic E-state index is 12.1. The molecular weight excluding hydrogens is 396 g/mol. The molecule has 0 aliphatic rings. The molecule has 0 unspecified atom stereocenters. The predicted octanol–water partition coefficient (Wildman–Crippen LogP) is 2.31. The lowest BCUT2D eigenvalue weighted by molar-refractivity contribution is -0.163. The summed E-state index contributed by atoms with van der Waals surface area (Å²) in [7, 11) is 2.96.